The van der Waals surface area contributed by atoms with Gasteiger partial charge in [0.1, 0.15) is 6.04 Å². The maximum atomic E-state index is 12.2. The minimum Gasteiger partial charge on any atom is -0.480 e. The van der Waals surface area contributed by atoms with Crippen LogP contribution in [0, 0.1) is 0 Å². The van der Waals surface area contributed by atoms with Gasteiger partial charge in [0.25, 0.3) is 0 Å². The summed E-state index contributed by atoms with van der Waals surface area (Å²) in [5, 5.41) is 20.8. The molecule has 1 atom stereocenters. The highest BCUT2D eigenvalue weighted by molar-refractivity contribution is 5.83. The van der Waals surface area contributed by atoms with Gasteiger partial charge in [0.05, 0.1) is 12.9 Å². The lowest BCUT2D eigenvalue weighted by atomic mass is 9.91. The standard InChI is InChI=1S/C13H20N4O4/c18-5-4-17(10-2-1-3-10)13(21)16-11(12(19)20)6-9-7-14-8-15-9/h7-8,10-11,18H,1-6H2,(H,14,15)(H,16,21)(H,19,20)/t11-/m1/s1. The zero-order valence-electron chi connectivity index (χ0n) is 11.7. The molecule has 8 nitrogen and oxygen atoms in total. The van der Waals surface area contributed by atoms with Crippen molar-refractivity contribution in [2.45, 2.75) is 37.8 Å². The van der Waals surface area contributed by atoms with E-state index in [1.54, 1.807) is 0 Å². The van der Waals surface area contributed by atoms with E-state index in [1.807, 2.05) is 0 Å². The molecule has 21 heavy (non-hydrogen) atoms. The van der Waals surface area contributed by atoms with E-state index in [0.717, 1.165) is 19.3 Å². The fourth-order valence-electron chi connectivity index (χ4n) is 2.30. The Hall–Kier alpha value is -2.09. The molecular formula is C13H20N4O4. The van der Waals surface area contributed by atoms with Gasteiger partial charge in [-0.2, -0.15) is 0 Å². The summed E-state index contributed by atoms with van der Waals surface area (Å²) in [6.07, 6.45) is 5.97. The number of aliphatic hydroxyl groups excluding tert-OH is 1. The van der Waals surface area contributed by atoms with Crippen molar-refractivity contribution in [3.8, 4) is 0 Å². The highest BCUT2D eigenvalue weighted by Gasteiger charge is 2.31. The average molecular weight is 296 g/mol. The van der Waals surface area contributed by atoms with Crippen molar-refractivity contribution in [3.05, 3.63) is 18.2 Å². The Bertz CT molecular complexity index is 473. The van der Waals surface area contributed by atoms with Crippen LogP contribution in [0.3, 0.4) is 0 Å². The lowest BCUT2D eigenvalue weighted by Crippen LogP contribution is -2.54. The van der Waals surface area contributed by atoms with Crippen molar-refractivity contribution in [1.29, 1.82) is 0 Å². The molecule has 1 saturated carbocycles. The first-order valence-corrected chi connectivity index (χ1v) is 7.00. The third kappa shape index (κ3) is 3.94. The van der Waals surface area contributed by atoms with Crippen molar-refractivity contribution >= 4 is 12.0 Å². The Morgan fingerprint density at radius 3 is 2.76 bits per heavy atom. The summed E-state index contributed by atoms with van der Waals surface area (Å²) in [4.78, 5) is 31.7. The normalized spacial score (nSPS) is 16.0. The number of nitrogens with one attached hydrogen (secondary N) is 2. The van der Waals surface area contributed by atoms with Crippen molar-refractivity contribution < 1.29 is 19.8 Å². The first kappa shape index (κ1) is 15.3. The molecule has 2 rings (SSSR count). The summed E-state index contributed by atoms with van der Waals surface area (Å²) in [5.41, 5.74) is 0.639. The molecule has 1 aliphatic rings. The van der Waals surface area contributed by atoms with Gasteiger partial charge < -0.3 is 25.4 Å². The number of H-pyrrole nitrogens is 1. The molecule has 1 aromatic heterocycles. The summed E-state index contributed by atoms with van der Waals surface area (Å²) in [5.74, 6) is -1.10. The SMILES string of the molecule is O=C(O)[C@@H](Cc1cnc[nH]1)NC(=O)N(CCO)C1CCC1. The summed E-state index contributed by atoms with van der Waals surface area (Å²) in [6.45, 7) is 0.0785. The highest BCUT2D eigenvalue weighted by atomic mass is 16.4. The van der Waals surface area contributed by atoms with Gasteiger partial charge in [-0.05, 0) is 19.3 Å². The van der Waals surface area contributed by atoms with Gasteiger partial charge >= 0.3 is 12.0 Å². The molecule has 0 radical (unpaired) electrons. The number of hydrogen-bond donors (Lipinski definition) is 4. The molecule has 0 aliphatic heterocycles. The molecule has 1 fully saturated rings. The third-order valence-electron chi connectivity index (χ3n) is 3.69. The number of amides is 2. The fraction of sp³-hybridized carbons (Fsp3) is 0.615. The van der Waals surface area contributed by atoms with Crippen molar-refractivity contribution in [2.75, 3.05) is 13.2 Å². The molecule has 4 N–H and O–H groups in total. The summed E-state index contributed by atoms with van der Waals surface area (Å²) in [6, 6.07) is -1.38. The van der Waals surface area contributed by atoms with Crippen molar-refractivity contribution in [3.63, 3.8) is 0 Å². The van der Waals surface area contributed by atoms with Crippen LogP contribution in [0.2, 0.25) is 0 Å². The number of hydrogen-bond acceptors (Lipinski definition) is 4. The number of urea groups is 1. The Labute approximate surface area is 122 Å². The highest BCUT2D eigenvalue weighted by Crippen LogP contribution is 2.24. The number of imidazole rings is 1. The van der Waals surface area contributed by atoms with Gasteiger partial charge in [-0.3, -0.25) is 0 Å². The van der Waals surface area contributed by atoms with E-state index in [9.17, 15) is 14.7 Å². The molecule has 0 unspecified atom stereocenters. The number of carboxylic acid groups (broad SMARTS) is 1. The molecule has 8 heteroatoms. The minimum atomic E-state index is -1.10. The van der Waals surface area contributed by atoms with E-state index < -0.39 is 18.0 Å². The summed E-state index contributed by atoms with van der Waals surface area (Å²) < 4.78 is 0. The fourth-order valence-corrected chi connectivity index (χ4v) is 2.30. The van der Waals surface area contributed by atoms with Crippen LogP contribution in [0.1, 0.15) is 25.0 Å². The van der Waals surface area contributed by atoms with E-state index in [4.69, 9.17) is 5.11 Å². The number of aromatic nitrogens is 2. The molecule has 2 amide bonds. The Morgan fingerprint density at radius 1 is 1.52 bits per heavy atom. The van der Waals surface area contributed by atoms with Gasteiger partial charge in [0, 0.05) is 30.9 Å². The van der Waals surface area contributed by atoms with Crippen LogP contribution >= 0.6 is 0 Å². The largest absolute Gasteiger partial charge is 0.480 e. The molecule has 1 aliphatic carbocycles. The topological polar surface area (TPSA) is 119 Å². The smallest absolute Gasteiger partial charge is 0.326 e. The van der Waals surface area contributed by atoms with E-state index in [2.05, 4.69) is 15.3 Å². The molecule has 1 heterocycles. The third-order valence-corrected chi connectivity index (χ3v) is 3.69. The van der Waals surface area contributed by atoms with Crippen LogP contribution in [0.4, 0.5) is 4.79 Å². The monoisotopic (exact) mass is 296 g/mol. The maximum Gasteiger partial charge on any atom is 0.326 e. The lowest BCUT2D eigenvalue weighted by Gasteiger charge is -2.37. The average Bonchev–Trinajstić information content (AvgIpc) is 2.88. The van der Waals surface area contributed by atoms with Crippen LogP contribution in [-0.4, -0.2) is 62.3 Å². The zero-order chi connectivity index (χ0) is 15.2. The maximum absolute atomic E-state index is 12.2. The second kappa shape index (κ2) is 7.07. The Morgan fingerprint density at radius 2 is 2.29 bits per heavy atom. The predicted octanol–water partition coefficient (Wildman–Crippen LogP) is -0.0382. The number of rotatable bonds is 7. The van der Waals surface area contributed by atoms with E-state index in [1.165, 1.54) is 17.4 Å². The molecule has 116 valence electrons. The molecule has 0 bridgehead atoms. The van der Waals surface area contributed by atoms with Crippen LogP contribution in [-0.2, 0) is 11.2 Å². The molecule has 0 saturated heterocycles. The van der Waals surface area contributed by atoms with E-state index in [0.29, 0.717) is 5.69 Å². The van der Waals surface area contributed by atoms with E-state index >= 15 is 0 Å². The Balaban J connectivity index is 1.97. The second-order valence-electron chi connectivity index (χ2n) is 5.12. The van der Waals surface area contributed by atoms with Crippen LogP contribution in [0.25, 0.3) is 0 Å². The Kier molecular flexibility index (Phi) is 5.15. The number of aromatic amines is 1. The quantitative estimate of drug-likeness (QED) is 0.563. The van der Waals surface area contributed by atoms with Crippen molar-refractivity contribution in [2.24, 2.45) is 0 Å². The number of carbonyl (C=O) groups excluding carboxylic acids is 1. The molecular weight excluding hydrogens is 276 g/mol. The molecule has 0 spiro atoms. The first-order chi connectivity index (χ1) is 10.1. The number of aliphatic hydroxyl groups is 1. The number of nitrogens with zero attached hydrogens (tertiary/aromatic N) is 2. The van der Waals surface area contributed by atoms with Crippen LogP contribution < -0.4 is 5.32 Å². The molecule has 0 aromatic carbocycles. The van der Waals surface area contributed by atoms with Crippen LogP contribution in [0.15, 0.2) is 12.5 Å². The summed E-state index contributed by atoms with van der Waals surface area (Å²) in [7, 11) is 0. The van der Waals surface area contributed by atoms with Gasteiger partial charge in [0.2, 0.25) is 0 Å². The first-order valence-electron chi connectivity index (χ1n) is 7.00. The van der Waals surface area contributed by atoms with Crippen LogP contribution in [0.5, 0.6) is 0 Å². The number of carbonyl (C=O) groups is 2. The van der Waals surface area contributed by atoms with Gasteiger partial charge in [0.15, 0.2) is 0 Å². The summed E-state index contributed by atoms with van der Waals surface area (Å²) >= 11 is 0. The zero-order valence-corrected chi connectivity index (χ0v) is 11.7. The van der Waals surface area contributed by atoms with Gasteiger partial charge in [-0.1, -0.05) is 0 Å². The van der Waals surface area contributed by atoms with Gasteiger partial charge in [-0.15, -0.1) is 0 Å². The predicted molar refractivity (Wildman–Crippen MR) is 73.7 cm³/mol. The minimum absolute atomic E-state index is 0.0961. The van der Waals surface area contributed by atoms with E-state index in [-0.39, 0.29) is 25.6 Å². The number of carboxylic acids is 1. The second-order valence-corrected chi connectivity index (χ2v) is 5.12. The van der Waals surface area contributed by atoms with Crippen molar-refractivity contribution in [1.82, 2.24) is 20.2 Å². The molecule has 1 aromatic rings. The number of aliphatic carboxylic acids is 1. The van der Waals surface area contributed by atoms with Gasteiger partial charge in [-0.25, -0.2) is 14.6 Å². The lowest BCUT2D eigenvalue weighted by molar-refractivity contribution is -0.139.